The van der Waals surface area contributed by atoms with E-state index >= 15 is 0 Å². The Morgan fingerprint density at radius 3 is 2.50 bits per heavy atom. The first-order valence-electron chi connectivity index (χ1n) is 6.01. The van der Waals surface area contributed by atoms with Crippen LogP contribution in [0.1, 0.15) is 21.5 Å². The van der Waals surface area contributed by atoms with Crippen molar-refractivity contribution in [3.63, 3.8) is 0 Å². The molecule has 0 radical (unpaired) electrons. The Morgan fingerprint density at radius 1 is 1.25 bits per heavy atom. The van der Waals surface area contributed by atoms with Crippen molar-refractivity contribution in [2.75, 3.05) is 5.73 Å². The van der Waals surface area contributed by atoms with E-state index < -0.39 is 5.91 Å². The molecule has 5 N–H and O–H groups in total. The fourth-order valence-electron chi connectivity index (χ4n) is 2.28. The van der Waals surface area contributed by atoms with Gasteiger partial charge in [0, 0.05) is 9.13 Å². The van der Waals surface area contributed by atoms with E-state index in [-0.39, 0.29) is 5.75 Å². The predicted octanol–water partition coefficient (Wildman–Crippen LogP) is 2.96. The lowest BCUT2D eigenvalue weighted by molar-refractivity contribution is 0.100. The number of benzene rings is 2. The maximum atomic E-state index is 11.5. The van der Waals surface area contributed by atoms with Crippen LogP contribution >= 0.6 is 22.6 Å². The summed E-state index contributed by atoms with van der Waals surface area (Å²) in [5, 5.41) is 9.89. The van der Waals surface area contributed by atoms with E-state index in [0.717, 1.165) is 25.8 Å². The van der Waals surface area contributed by atoms with Crippen LogP contribution in [0, 0.1) is 17.4 Å². The van der Waals surface area contributed by atoms with Crippen LogP contribution in [0.2, 0.25) is 0 Å². The first-order chi connectivity index (χ1) is 9.32. The van der Waals surface area contributed by atoms with Gasteiger partial charge in [0.1, 0.15) is 5.75 Å². The van der Waals surface area contributed by atoms with Crippen LogP contribution in [-0.2, 0) is 0 Å². The number of rotatable bonds is 2. The summed E-state index contributed by atoms with van der Waals surface area (Å²) < 4.78 is 0.864. The zero-order chi connectivity index (χ0) is 15.0. The minimum absolute atomic E-state index is 0.199. The molecule has 2 rings (SSSR count). The highest BCUT2D eigenvalue weighted by Crippen LogP contribution is 2.37. The number of hydrogen-bond donors (Lipinski definition) is 3. The van der Waals surface area contributed by atoms with Crippen molar-refractivity contribution in [3.8, 4) is 16.9 Å². The van der Waals surface area contributed by atoms with E-state index in [0.29, 0.717) is 11.3 Å². The second kappa shape index (κ2) is 5.32. The van der Waals surface area contributed by atoms with Crippen LogP contribution in [0.15, 0.2) is 24.3 Å². The molecule has 0 fully saturated rings. The second-order valence-electron chi connectivity index (χ2n) is 4.68. The molecule has 0 saturated carbocycles. The van der Waals surface area contributed by atoms with Gasteiger partial charge in [-0.25, -0.2) is 0 Å². The minimum Gasteiger partial charge on any atom is -0.508 e. The molecule has 2 aromatic carbocycles. The smallest absolute Gasteiger partial charge is 0.250 e. The summed E-state index contributed by atoms with van der Waals surface area (Å²) in [5.74, 6) is -0.359. The third-order valence-electron chi connectivity index (χ3n) is 3.32. The molecule has 0 atom stereocenters. The lowest BCUT2D eigenvalue weighted by Gasteiger charge is -2.16. The number of anilines is 1. The third-order valence-corrected chi connectivity index (χ3v) is 3.95. The molecule has 104 valence electrons. The minimum atomic E-state index is -0.558. The van der Waals surface area contributed by atoms with Gasteiger partial charge < -0.3 is 16.6 Å². The molecular formula is C15H15IN2O2. The number of carbonyl (C=O) groups is 1. The number of aromatic hydroxyl groups is 1. The van der Waals surface area contributed by atoms with Crippen LogP contribution in [-0.4, -0.2) is 11.0 Å². The quantitative estimate of drug-likeness (QED) is 0.551. The van der Waals surface area contributed by atoms with Gasteiger partial charge in [-0.1, -0.05) is 6.07 Å². The molecule has 5 heteroatoms. The van der Waals surface area contributed by atoms with Crippen LogP contribution in [0.3, 0.4) is 0 Å². The molecule has 0 aliphatic rings. The Hall–Kier alpha value is -1.76. The number of aryl methyl sites for hydroxylation is 1. The number of nitrogens with two attached hydrogens (primary N) is 2. The van der Waals surface area contributed by atoms with Gasteiger partial charge in [0.05, 0.1) is 11.3 Å². The Labute approximate surface area is 130 Å². The van der Waals surface area contributed by atoms with Gasteiger partial charge in [-0.15, -0.1) is 0 Å². The lowest BCUT2D eigenvalue weighted by Crippen LogP contribution is -2.14. The first kappa shape index (κ1) is 14.6. The molecular weight excluding hydrogens is 367 g/mol. The third kappa shape index (κ3) is 2.45. The van der Waals surface area contributed by atoms with Gasteiger partial charge in [-0.05, 0) is 71.3 Å². The fourth-order valence-corrected chi connectivity index (χ4v) is 2.90. The molecule has 0 aromatic heterocycles. The molecule has 0 saturated heterocycles. The Morgan fingerprint density at radius 2 is 1.90 bits per heavy atom. The van der Waals surface area contributed by atoms with Crippen LogP contribution < -0.4 is 11.5 Å². The maximum Gasteiger partial charge on any atom is 0.250 e. The standard InChI is InChI=1S/C15H15IN2O2/c1-7-3-4-12(19)8(2)13(7)10-5-9(16)6-11(14(10)17)15(18)20/h3-6,19H,17H2,1-2H3,(H2,18,20). The highest BCUT2D eigenvalue weighted by Gasteiger charge is 2.17. The monoisotopic (exact) mass is 382 g/mol. The van der Waals surface area contributed by atoms with E-state index in [1.165, 1.54) is 0 Å². The largest absolute Gasteiger partial charge is 0.508 e. The van der Waals surface area contributed by atoms with E-state index in [2.05, 4.69) is 22.6 Å². The Balaban J connectivity index is 2.84. The summed E-state index contributed by atoms with van der Waals surface area (Å²) >= 11 is 2.11. The fraction of sp³-hybridized carbons (Fsp3) is 0.133. The predicted molar refractivity (Wildman–Crippen MR) is 88.7 cm³/mol. The van der Waals surface area contributed by atoms with Crippen molar-refractivity contribution >= 4 is 34.2 Å². The van der Waals surface area contributed by atoms with E-state index in [1.807, 2.05) is 26.0 Å². The number of carbonyl (C=O) groups excluding carboxylic acids is 1. The van der Waals surface area contributed by atoms with Gasteiger partial charge in [-0.3, -0.25) is 4.79 Å². The van der Waals surface area contributed by atoms with Crippen molar-refractivity contribution in [1.82, 2.24) is 0 Å². The average molecular weight is 382 g/mol. The zero-order valence-corrected chi connectivity index (χ0v) is 13.4. The summed E-state index contributed by atoms with van der Waals surface area (Å²) in [6.07, 6.45) is 0. The van der Waals surface area contributed by atoms with Crippen LogP contribution in [0.25, 0.3) is 11.1 Å². The number of phenols is 1. The number of primary amides is 1. The van der Waals surface area contributed by atoms with Crippen LogP contribution in [0.4, 0.5) is 5.69 Å². The topological polar surface area (TPSA) is 89.3 Å². The molecule has 0 spiro atoms. The number of amides is 1. The molecule has 0 aliphatic carbocycles. The molecule has 4 nitrogen and oxygen atoms in total. The highest BCUT2D eigenvalue weighted by atomic mass is 127. The summed E-state index contributed by atoms with van der Waals surface area (Å²) in [5.41, 5.74) is 15.4. The molecule has 2 aromatic rings. The van der Waals surface area contributed by atoms with Crippen molar-refractivity contribution in [1.29, 1.82) is 0 Å². The van der Waals surface area contributed by atoms with Gasteiger partial charge in [0.25, 0.3) is 5.91 Å². The summed E-state index contributed by atoms with van der Waals surface area (Å²) in [7, 11) is 0. The first-order valence-corrected chi connectivity index (χ1v) is 7.09. The number of halogens is 1. The van der Waals surface area contributed by atoms with Crippen molar-refractivity contribution in [2.45, 2.75) is 13.8 Å². The maximum absolute atomic E-state index is 11.5. The van der Waals surface area contributed by atoms with Crippen LogP contribution in [0.5, 0.6) is 5.75 Å². The molecule has 1 amide bonds. The summed E-state index contributed by atoms with van der Waals surface area (Å²) in [6, 6.07) is 7.01. The Kier molecular flexibility index (Phi) is 3.89. The van der Waals surface area contributed by atoms with Crippen molar-refractivity contribution in [2.24, 2.45) is 5.73 Å². The summed E-state index contributed by atoms with van der Waals surface area (Å²) in [6.45, 7) is 3.76. The number of hydrogen-bond acceptors (Lipinski definition) is 3. The highest BCUT2D eigenvalue weighted by molar-refractivity contribution is 14.1. The Bertz CT molecular complexity index is 712. The normalized spacial score (nSPS) is 10.6. The zero-order valence-electron chi connectivity index (χ0n) is 11.2. The average Bonchev–Trinajstić information content (AvgIpc) is 2.37. The van der Waals surface area contributed by atoms with Gasteiger partial charge in [-0.2, -0.15) is 0 Å². The van der Waals surface area contributed by atoms with E-state index in [4.69, 9.17) is 11.5 Å². The number of phenolic OH excluding ortho intramolecular Hbond substituents is 1. The van der Waals surface area contributed by atoms with E-state index in [1.54, 1.807) is 12.1 Å². The molecule has 0 unspecified atom stereocenters. The second-order valence-corrected chi connectivity index (χ2v) is 5.93. The van der Waals surface area contributed by atoms with E-state index in [9.17, 15) is 9.90 Å². The molecule has 20 heavy (non-hydrogen) atoms. The molecule has 0 heterocycles. The molecule has 0 aliphatic heterocycles. The lowest BCUT2D eigenvalue weighted by atomic mass is 9.92. The van der Waals surface area contributed by atoms with Gasteiger partial charge in [0.2, 0.25) is 0 Å². The SMILES string of the molecule is Cc1ccc(O)c(C)c1-c1cc(I)cc(C(N)=O)c1N. The summed E-state index contributed by atoms with van der Waals surface area (Å²) in [4.78, 5) is 11.5. The molecule has 0 bridgehead atoms. The van der Waals surface area contributed by atoms with Gasteiger partial charge >= 0.3 is 0 Å². The van der Waals surface area contributed by atoms with Crippen molar-refractivity contribution in [3.05, 3.63) is 44.5 Å². The van der Waals surface area contributed by atoms with Crippen molar-refractivity contribution < 1.29 is 9.90 Å². The number of nitrogen functional groups attached to an aromatic ring is 1. The van der Waals surface area contributed by atoms with Gasteiger partial charge in [0.15, 0.2) is 0 Å².